The molecule has 0 aromatic carbocycles. The lowest BCUT2D eigenvalue weighted by Crippen LogP contribution is -2.43. The molecular formula is C12H20N4O2. The minimum absolute atomic E-state index is 0.119. The smallest absolute Gasteiger partial charge is 0.252 e. The van der Waals surface area contributed by atoms with E-state index >= 15 is 0 Å². The van der Waals surface area contributed by atoms with Gasteiger partial charge in [-0.3, -0.25) is 4.79 Å². The molecule has 1 aromatic heterocycles. The lowest BCUT2D eigenvalue weighted by Gasteiger charge is -2.30. The van der Waals surface area contributed by atoms with Crippen molar-refractivity contribution in [3.05, 3.63) is 22.2 Å². The Bertz CT molecular complexity index is 446. The third-order valence-corrected chi connectivity index (χ3v) is 2.98. The summed E-state index contributed by atoms with van der Waals surface area (Å²) in [5.41, 5.74) is -0.119. The lowest BCUT2D eigenvalue weighted by molar-refractivity contribution is -0.0117. The van der Waals surface area contributed by atoms with Crippen LogP contribution in [0, 0.1) is 0 Å². The van der Waals surface area contributed by atoms with E-state index in [-0.39, 0.29) is 11.7 Å². The van der Waals surface area contributed by atoms with Gasteiger partial charge in [0.05, 0.1) is 12.7 Å². The molecule has 6 heteroatoms. The van der Waals surface area contributed by atoms with Gasteiger partial charge in [-0.05, 0) is 7.05 Å². The van der Waals surface area contributed by atoms with E-state index in [0.717, 1.165) is 19.7 Å². The predicted molar refractivity (Wildman–Crippen MR) is 70.0 cm³/mol. The van der Waals surface area contributed by atoms with Crippen LogP contribution < -0.4 is 10.9 Å². The van der Waals surface area contributed by atoms with Crippen LogP contribution >= 0.6 is 0 Å². The van der Waals surface area contributed by atoms with Gasteiger partial charge in [0, 0.05) is 32.1 Å². The second-order valence-electron chi connectivity index (χ2n) is 4.57. The fourth-order valence-corrected chi connectivity index (χ4v) is 1.97. The maximum absolute atomic E-state index is 11.4. The highest BCUT2D eigenvalue weighted by molar-refractivity contribution is 5.33. The molecule has 1 atom stereocenters. The molecule has 6 nitrogen and oxygen atoms in total. The van der Waals surface area contributed by atoms with Gasteiger partial charge in [0.25, 0.3) is 5.56 Å². The third-order valence-electron chi connectivity index (χ3n) is 2.98. The molecule has 0 spiro atoms. The number of morpholine rings is 1. The summed E-state index contributed by atoms with van der Waals surface area (Å²) in [6.45, 7) is 5.26. The fourth-order valence-electron chi connectivity index (χ4n) is 1.97. The zero-order valence-electron chi connectivity index (χ0n) is 10.9. The standard InChI is InChI=1S/C12H20N4O2/c1-3-10-14-11(6-12(17)15-10)13-7-9-8-16(2)4-5-18-9/h6,9H,3-5,7-8H2,1-2H3,(H2,13,14,15,17). The molecule has 1 saturated heterocycles. The summed E-state index contributed by atoms with van der Waals surface area (Å²) in [7, 11) is 2.08. The summed E-state index contributed by atoms with van der Waals surface area (Å²) in [4.78, 5) is 20.6. The molecule has 2 rings (SSSR count). The van der Waals surface area contributed by atoms with Gasteiger partial charge in [0.2, 0.25) is 0 Å². The molecule has 1 aliphatic heterocycles. The number of aromatic amines is 1. The average Bonchev–Trinajstić information content (AvgIpc) is 2.36. The van der Waals surface area contributed by atoms with Crippen molar-refractivity contribution in [3.63, 3.8) is 0 Å². The Morgan fingerprint density at radius 1 is 1.67 bits per heavy atom. The first-order valence-electron chi connectivity index (χ1n) is 6.31. The Balaban J connectivity index is 1.93. The lowest BCUT2D eigenvalue weighted by atomic mass is 10.3. The zero-order chi connectivity index (χ0) is 13.0. The van der Waals surface area contributed by atoms with Crippen molar-refractivity contribution in [2.24, 2.45) is 0 Å². The van der Waals surface area contributed by atoms with Crippen LogP contribution in [-0.2, 0) is 11.2 Å². The normalized spacial score (nSPS) is 20.9. The van der Waals surface area contributed by atoms with Gasteiger partial charge in [-0.15, -0.1) is 0 Å². The monoisotopic (exact) mass is 252 g/mol. The van der Waals surface area contributed by atoms with E-state index in [1.54, 1.807) is 0 Å². The third kappa shape index (κ3) is 3.54. The number of nitrogens with one attached hydrogen (secondary N) is 2. The molecule has 0 bridgehead atoms. The second-order valence-corrected chi connectivity index (χ2v) is 4.57. The zero-order valence-corrected chi connectivity index (χ0v) is 10.9. The number of hydrogen-bond donors (Lipinski definition) is 2. The van der Waals surface area contributed by atoms with Gasteiger partial charge in [-0.1, -0.05) is 6.92 Å². The Hall–Kier alpha value is -1.40. The first-order valence-corrected chi connectivity index (χ1v) is 6.31. The van der Waals surface area contributed by atoms with E-state index in [9.17, 15) is 4.79 Å². The number of rotatable bonds is 4. The Kier molecular flexibility index (Phi) is 4.33. The van der Waals surface area contributed by atoms with Crippen LogP contribution in [0.3, 0.4) is 0 Å². The first-order chi connectivity index (χ1) is 8.67. The minimum atomic E-state index is -0.119. The summed E-state index contributed by atoms with van der Waals surface area (Å²) >= 11 is 0. The average molecular weight is 252 g/mol. The van der Waals surface area contributed by atoms with Gasteiger partial charge in [-0.25, -0.2) is 4.98 Å². The number of likely N-dealkylation sites (N-methyl/N-ethyl adjacent to an activating group) is 1. The Labute approximate surface area is 106 Å². The summed E-state index contributed by atoms with van der Waals surface area (Å²) in [5, 5.41) is 3.17. The van der Waals surface area contributed by atoms with Crippen molar-refractivity contribution < 1.29 is 4.74 Å². The maximum atomic E-state index is 11.4. The summed E-state index contributed by atoms with van der Waals surface area (Å²) in [6, 6.07) is 1.48. The highest BCUT2D eigenvalue weighted by Crippen LogP contribution is 2.05. The van der Waals surface area contributed by atoms with Crippen LogP contribution in [0.25, 0.3) is 0 Å². The molecule has 0 saturated carbocycles. The van der Waals surface area contributed by atoms with E-state index in [0.29, 0.717) is 24.6 Å². The SMILES string of the molecule is CCc1nc(NCC2CN(C)CCO2)cc(=O)[nH]1. The van der Waals surface area contributed by atoms with E-state index in [1.807, 2.05) is 6.92 Å². The fraction of sp³-hybridized carbons (Fsp3) is 0.667. The van der Waals surface area contributed by atoms with Crippen molar-refractivity contribution in [2.75, 3.05) is 38.6 Å². The number of hydrogen-bond acceptors (Lipinski definition) is 5. The number of ether oxygens (including phenoxy) is 1. The quantitative estimate of drug-likeness (QED) is 0.794. The molecule has 1 aliphatic rings. The molecule has 2 N–H and O–H groups in total. The van der Waals surface area contributed by atoms with Crippen LogP contribution in [-0.4, -0.2) is 54.3 Å². The molecule has 18 heavy (non-hydrogen) atoms. The van der Waals surface area contributed by atoms with E-state index < -0.39 is 0 Å². The van der Waals surface area contributed by atoms with E-state index in [4.69, 9.17) is 4.74 Å². The first kappa shape index (κ1) is 13.0. The largest absolute Gasteiger partial charge is 0.374 e. The predicted octanol–water partition coefficient (Wildman–Crippen LogP) is 0.0748. The van der Waals surface area contributed by atoms with Crippen molar-refractivity contribution in [1.82, 2.24) is 14.9 Å². The highest BCUT2D eigenvalue weighted by atomic mass is 16.5. The van der Waals surface area contributed by atoms with Crippen LogP contribution in [0.15, 0.2) is 10.9 Å². The molecule has 1 fully saturated rings. The molecule has 1 unspecified atom stereocenters. The second kappa shape index (κ2) is 5.97. The number of anilines is 1. The van der Waals surface area contributed by atoms with Gasteiger partial charge in [0.15, 0.2) is 0 Å². The van der Waals surface area contributed by atoms with Crippen LogP contribution in [0.1, 0.15) is 12.7 Å². The molecule has 0 aliphatic carbocycles. The molecular weight excluding hydrogens is 232 g/mol. The van der Waals surface area contributed by atoms with E-state index in [1.165, 1.54) is 6.07 Å². The van der Waals surface area contributed by atoms with Crippen LogP contribution in [0.2, 0.25) is 0 Å². The summed E-state index contributed by atoms with van der Waals surface area (Å²) in [5.74, 6) is 1.32. The van der Waals surface area contributed by atoms with Crippen molar-refractivity contribution in [1.29, 1.82) is 0 Å². The highest BCUT2D eigenvalue weighted by Gasteiger charge is 2.17. The minimum Gasteiger partial charge on any atom is -0.374 e. The Morgan fingerprint density at radius 3 is 3.22 bits per heavy atom. The van der Waals surface area contributed by atoms with E-state index in [2.05, 4.69) is 27.2 Å². The van der Waals surface area contributed by atoms with Gasteiger partial charge in [0.1, 0.15) is 11.6 Å². The Morgan fingerprint density at radius 2 is 2.50 bits per heavy atom. The number of aryl methyl sites for hydroxylation is 1. The van der Waals surface area contributed by atoms with Gasteiger partial charge < -0.3 is 19.9 Å². The molecule has 0 amide bonds. The van der Waals surface area contributed by atoms with Crippen molar-refractivity contribution >= 4 is 5.82 Å². The van der Waals surface area contributed by atoms with Gasteiger partial charge >= 0.3 is 0 Å². The maximum Gasteiger partial charge on any atom is 0.252 e. The number of nitrogens with zero attached hydrogens (tertiary/aromatic N) is 2. The topological polar surface area (TPSA) is 70.2 Å². The summed E-state index contributed by atoms with van der Waals surface area (Å²) in [6.07, 6.45) is 0.864. The molecule has 100 valence electrons. The molecule has 1 aromatic rings. The van der Waals surface area contributed by atoms with Crippen molar-refractivity contribution in [3.8, 4) is 0 Å². The summed E-state index contributed by atoms with van der Waals surface area (Å²) < 4.78 is 5.64. The molecule has 0 radical (unpaired) electrons. The van der Waals surface area contributed by atoms with Crippen LogP contribution in [0.4, 0.5) is 5.82 Å². The van der Waals surface area contributed by atoms with Crippen LogP contribution in [0.5, 0.6) is 0 Å². The number of aromatic nitrogens is 2. The van der Waals surface area contributed by atoms with Crippen molar-refractivity contribution in [2.45, 2.75) is 19.4 Å². The number of H-pyrrole nitrogens is 1. The molecule has 2 heterocycles. The van der Waals surface area contributed by atoms with Gasteiger partial charge in [-0.2, -0.15) is 0 Å².